The predicted octanol–water partition coefficient (Wildman–Crippen LogP) is 2.27. The van der Waals surface area contributed by atoms with Crippen LogP contribution in [0.25, 0.3) is 0 Å². The number of nitrogens with one attached hydrogen (secondary N) is 2. The maximum Gasteiger partial charge on any atom is 0.242 e. The summed E-state index contributed by atoms with van der Waals surface area (Å²) in [6.07, 6.45) is 0. The molecule has 0 aromatic heterocycles. The van der Waals surface area contributed by atoms with Gasteiger partial charge in [0.2, 0.25) is 15.9 Å². The first kappa shape index (κ1) is 19.0. The van der Waals surface area contributed by atoms with Crippen LogP contribution < -0.4 is 19.5 Å². The molecule has 0 aliphatic carbocycles. The number of benzene rings is 2. The minimum absolute atomic E-state index is 0.0761. The van der Waals surface area contributed by atoms with Crippen molar-refractivity contribution in [1.29, 1.82) is 0 Å². The lowest BCUT2D eigenvalue weighted by atomic mass is 10.2. The third kappa shape index (κ3) is 4.85. The Kier molecular flexibility index (Phi) is 6.24. The summed E-state index contributed by atoms with van der Waals surface area (Å²) in [4.78, 5) is 11.9. The van der Waals surface area contributed by atoms with Crippen molar-refractivity contribution < 1.29 is 22.7 Å². The van der Waals surface area contributed by atoms with Crippen molar-refractivity contribution in [2.45, 2.75) is 4.90 Å². The molecule has 0 bridgehead atoms. The molecule has 2 N–H and O–H groups in total. The molecule has 0 saturated carbocycles. The molecule has 7 nitrogen and oxygen atoms in total. The summed E-state index contributed by atoms with van der Waals surface area (Å²) in [5, 5.41) is 2.65. The van der Waals surface area contributed by atoms with Gasteiger partial charge in [-0.1, -0.05) is 23.7 Å². The summed E-state index contributed by atoms with van der Waals surface area (Å²) < 4.78 is 36.8. The van der Waals surface area contributed by atoms with E-state index in [1.807, 2.05) is 0 Å². The van der Waals surface area contributed by atoms with Crippen LogP contribution in [-0.4, -0.2) is 35.1 Å². The molecule has 9 heteroatoms. The number of amides is 1. The molecular weight excluding hydrogens is 368 g/mol. The number of hydrogen-bond acceptors (Lipinski definition) is 5. The lowest BCUT2D eigenvalue weighted by molar-refractivity contribution is -0.115. The average molecular weight is 385 g/mol. The third-order valence-corrected chi connectivity index (χ3v) is 5.13. The number of hydrogen-bond donors (Lipinski definition) is 2. The lowest BCUT2D eigenvalue weighted by Gasteiger charge is -2.12. The molecule has 0 spiro atoms. The van der Waals surface area contributed by atoms with E-state index < -0.39 is 22.5 Å². The Labute approximate surface area is 151 Å². The summed E-state index contributed by atoms with van der Waals surface area (Å²) in [5.74, 6) is 0.398. The van der Waals surface area contributed by atoms with Crippen LogP contribution in [0.2, 0.25) is 5.02 Å². The summed E-state index contributed by atoms with van der Waals surface area (Å²) in [6.45, 7) is -0.456. The quantitative estimate of drug-likeness (QED) is 0.763. The van der Waals surface area contributed by atoms with Crippen molar-refractivity contribution in [2.75, 3.05) is 26.1 Å². The fourth-order valence-electron chi connectivity index (χ4n) is 2.00. The van der Waals surface area contributed by atoms with Gasteiger partial charge in [-0.05, 0) is 24.3 Å². The average Bonchev–Trinajstić information content (AvgIpc) is 2.60. The number of anilines is 1. The molecule has 2 rings (SSSR count). The highest BCUT2D eigenvalue weighted by molar-refractivity contribution is 7.89. The van der Waals surface area contributed by atoms with E-state index in [0.29, 0.717) is 17.2 Å². The van der Waals surface area contributed by atoms with E-state index in [-0.39, 0.29) is 9.92 Å². The van der Waals surface area contributed by atoms with Crippen LogP contribution in [0.15, 0.2) is 47.4 Å². The van der Waals surface area contributed by atoms with Crippen molar-refractivity contribution in [3.8, 4) is 11.5 Å². The number of rotatable bonds is 7. The fraction of sp³-hybridized carbons (Fsp3) is 0.188. The first-order valence-corrected chi connectivity index (χ1v) is 8.99. The van der Waals surface area contributed by atoms with E-state index in [2.05, 4.69) is 10.0 Å². The molecule has 1 amide bonds. The van der Waals surface area contributed by atoms with Gasteiger partial charge in [0, 0.05) is 6.07 Å². The monoisotopic (exact) mass is 384 g/mol. The Morgan fingerprint density at radius 2 is 1.84 bits per heavy atom. The van der Waals surface area contributed by atoms with Gasteiger partial charge >= 0.3 is 0 Å². The minimum atomic E-state index is -3.90. The van der Waals surface area contributed by atoms with Crippen molar-refractivity contribution in [3.63, 3.8) is 0 Å². The molecule has 0 fully saturated rings. The van der Waals surface area contributed by atoms with E-state index in [4.69, 9.17) is 21.1 Å². The van der Waals surface area contributed by atoms with Crippen molar-refractivity contribution in [2.24, 2.45) is 0 Å². The smallest absolute Gasteiger partial charge is 0.242 e. The second kappa shape index (κ2) is 8.19. The summed E-state index contributed by atoms with van der Waals surface area (Å²) in [6, 6.07) is 10.8. The van der Waals surface area contributed by atoms with Gasteiger partial charge in [0.1, 0.15) is 16.4 Å². The number of methoxy groups -OCH3 is 2. The molecule has 134 valence electrons. The highest BCUT2D eigenvalue weighted by Crippen LogP contribution is 2.28. The Balaban J connectivity index is 2.05. The summed E-state index contributed by atoms with van der Waals surface area (Å²) in [7, 11) is -0.939. The summed E-state index contributed by atoms with van der Waals surface area (Å²) in [5.41, 5.74) is 0.394. The number of carbonyl (C=O) groups is 1. The maximum atomic E-state index is 12.2. The van der Waals surface area contributed by atoms with Crippen LogP contribution in [0.4, 0.5) is 5.69 Å². The van der Waals surface area contributed by atoms with Crippen LogP contribution in [0, 0.1) is 0 Å². The van der Waals surface area contributed by atoms with E-state index >= 15 is 0 Å². The Morgan fingerprint density at radius 1 is 1.12 bits per heavy atom. The van der Waals surface area contributed by atoms with Crippen LogP contribution in [0.1, 0.15) is 0 Å². The van der Waals surface area contributed by atoms with Gasteiger partial charge in [-0.15, -0.1) is 0 Å². The first-order valence-electron chi connectivity index (χ1n) is 7.13. The van der Waals surface area contributed by atoms with Crippen LogP contribution >= 0.6 is 11.6 Å². The molecule has 0 radical (unpaired) electrons. The molecule has 0 aliphatic rings. The molecule has 0 unspecified atom stereocenters. The highest BCUT2D eigenvalue weighted by atomic mass is 35.5. The maximum absolute atomic E-state index is 12.2. The van der Waals surface area contributed by atoms with Crippen LogP contribution in [0.5, 0.6) is 11.5 Å². The third-order valence-electron chi connectivity index (χ3n) is 3.23. The number of ether oxygens (including phenoxy) is 2. The second-order valence-electron chi connectivity index (χ2n) is 4.87. The van der Waals surface area contributed by atoms with Gasteiger partial charge in [-0.3, -0.25) is 4.79 Å². The van der Waals surface area contributed by atoms with Gasteiger partial charge in [0.15, 0.2) is 0 Å². The zero-order chi connectivity index (χ0) is 18.4. The zero-order valence-electron chi connectivity index (χ0n) is 13.6. The van der Waals surface area contributed by atoms with E-state index in [0.717, 1.165) is 0 Å². The Bertz CT molecular complexity index is 871. The van der Waals surface area contributed by atoms with E-state index in [9.17, 15) is 13.2 Å². The van der Waals surface area contributed by atoms with Crippen molar-refractivity contribution in [3.05, 3.63) is 47.5 Å². The Hall–Kier alpha value is -2.29. The van der Waals surface area contributed by atoms with Gasteiger partial charge in [-0.2, -0.15) is 0 Å². The minimum Gasteiger partial charge on any atom is -0.497 e. The lowest BCUT2D eigenvalue weighted by Crippen LogP contribution is -2.33. The largest absolute Gasteiger partial charge is 0.497 e. The van der Waals surface area contributed by atoms with Gasteiger partial charge in [-0.25, -0.2) is 13.1 Å². The van der Waals surface area contributed by atoms with Crippen LogP contribution in [0.3, 0.4) is 0 Å². The first-order chi connectivity index (χ1) is 11.9. The van der Waals surface area contributed by atoms with Crippen LogP contribution in [-0.2, 0) is 14.8 Å². The predicted molar refractivity (Wildman–Crippen MR) is 94.8 cm³/mol. The number of halogens is 1. The van der Waals surface area contributed by atoms with E-state index in [1.165, 1.54) is 26.4 Å². The topological polar surface area (TPSA) is 93.7 Å². The standard InChI is InChI=1S/C16H17ClN2O5S/c1-23-11-7-8-13(14(9-11)24-2)19-16(20)10-18-25(21,22)15-6-4-3-5-12(15)17/h3-9,18H,10H2,1-2H3,(H,19,20). The molecule has 2 aromatic rings. The highest BCUT2D eigenvalue weighted by Gasteiger charge is 2.19. The van der Waals surface area contributed by atoms with Gasteiger partial charge in [0.05, 0.1) is 31.5 Å². The van der Waals surface area contributed by atoms with Crippen molar-refractivity contribution >= 4 is 33.2 Å². The van der Waals surface area contributed by atoms with Gasteiger partial charge < -0.3 is 14.8 Å². The molecule has 0 aliphatic heterocycles. The fourth-order valence-corrected chi connectivity index (χ4v) is 3.50. The normalized spacial score (nSPS) is 11.0. The molecule has 2 aromatic carbocycles. The van der Waals surface area contributed by atoms with E-state index in [1.54, 1.807) is 30.3 Å². The molecular formula is C16H17ClN2O5S. The van der Waals surface area contributed by atoms with Crippen molar-refractivity contribution in [1.82, 2.24) is 4.72 Å². The Morgan fingerprint density at radius 3 is 2.48 bits per heavy atom. The SMILES string of the molecule is COc1ccc(NC(=O)CNS(=O)(=O)c2ccccc2Cl)c(OC)c1. The number of carbonyl (C=O) groups excluding carboxylic acids is 1. The second-order valence-corrected chi connectivity index (χ2v) is 7.01. The van der Waals surface area contributed by atoms with Gasteiger partial charge in [0.25, 0.3) is 0 Å². The molecule has 0 atom stereocenters. The molecule has 0 heterocycles. The molecule has 25 heavy (non-hydrogen) atoms. The summed E-state index contributed by atoms with van der Waals surface area (Å²) >= 11 is 5.87. The number of sulfonamides is 1. The molecule has 0 saturated heterocycles. The zero-order valence-corrected chi connectivity index (χ0v) is 15.1.